The zero-order chi connectivity index (χ0) is 14.2. The lowest BCUT2D eigenvalue weighted by atomic mass is 10.1. The van der Waals surface area contributed by atoms with Gasteiger partial charge in [-0.3, -0.25) is 9.78 Å². The van der Waals surface area contributed by atoms with E-state index < -0.39 is 0 Å². The molecule has 0 unspecified atom stereocenters. The van der Waals surface area contributed by atoms with Crippen LogP contribution in [0.5, 0.6) is 0 Å². The molecule has 0 spiro atoms. The van der Waals surface area contributed by atoms with E-state index in [4.69, 9.17) is 4.74 Å². The van der Waals surface area contributed by atoms with Gasteiger partial charge in [0.25, 0.3) is 5.91 Å². The Morgan fingerprint density at radius 3 is 2.90 bits per heavy atom. The number of methoxy groups -OCH3 is 1. The molecule has 2 rings (SSSR count). The lowest BCUT2D eigenvalue weighted by molar-refractivity contribution is 0.0955. The predicted molar refractivity (Wildman–Crippen MR) is 78.8 cm³/mol. The fraction of sp³-hybridized carbons (Fsp3) is 0.333. The summed E-state index contributed by atoms with van der Waals surface area (Å²) in [5.74, 6) is -0.0946. The molecule has 20 heavy (non-hydrogen) atoms. The molecule has 1 amide bonds. The molecule has 0 radical (unpaired) electrons. The Kier molecular flexibility index (Phi) is 5.46. The van der Waals surface area contributed by atoms with Gasteiger partial charge in [0.2, 0.25) is 0 Å². The van der Waals surface area contributed by atoms with E-state index in [0.717, 1.165) is 17.4 Å². The van der Waals surface area contributed by atoms with Gasteiger partial charge in [-0.1, -0.05) is 18.2 Å². The van der Waals surface area contributed by atoms with Gasteiger partial charge in [-0.05, 0) is 12.1 Å². The van der Waals surface area contributed by atoms with Gasteiger partial charge < -0.3 is 15.4 Å². The molecule has 5 heteroatoms. The zero-order valence-corrected chi connectivity index (χ0v) is 11.6. The van der Waals surface area contributed by atoms with Crippen LogP contribution in [0.2, 0.25) is 0 Å². The Morgan fingerprint density at radius 2 is 2.05 bits per heavy atom. The van der Waals surface area contributed by atoms with E-state index in [1.165, 1.54) is 0 Å². The molecule has 0 atom stereocenters. The van der Waals surface area contributed by atoms with Crippen LogP contribution in [0.1, 0.15) is 10.4 Å². The Bertz CT molecular complexity index is 567. The first kappa shape index (κ1) is 14.4. The second-order valence-corrected chi connectivity index (χ2v) is 4.38. The first-order chi connectivity index (χ1) is 9.83. The number of nitrogens with zero attached hydrogens (tertiary/aromatic N) is 1. The van der Waals surface area contributed by atoms with Crippen LogP contribution < -0.4 is 10.6 Å². The monoisotopic (exact) mass is 273 g/mol. The van der Waals surface area contributed by atoms with E-state index in [-0.39, 0.29) is 5.91 Å². The van der Waals surface area contributed by atoms with Crippen LogP contribution in [0.4, 0.5) is 0 Å². The number of carbonyl (C=O) groups excluding carboxylic acids is 1. The molecule has 0 aliphatic carbocycles. The number of nitrogens with one attached hydrogen (secondary N) is 2. The lowest BCUT2D eigenvalue weighted by Gasteiger charge is -2.08. The van der Waals surface area contributed by atoms with Crippen molar-refractivity contribution < 1.29 is 9.53 Å². The third-order valence-corrected chi connectivity index (χ3v) is 2.95. The molecule has 2 N–H and O–H groups in total. The number of ether oxygens (including phenoxy) is 1. The van der Waals surface area contributed by atoms with Crippen molar-refractivity contribution in [1.82, 2.24) is 15.6 Å². The first-order valence-corrected chi connectivity index (χ1v) is 6.64. The van der Waals surface area contributed by atoms with Crippen molar-refractivity contribution in [1.29, 1.82) is 0 Å². The summed E-state index contributed by atoms with van der Waals surface area (Å²) in [6.07, 6.45) is 1.70. The zero-order valence-electron chi connectivity index (χ0n) is 11.6. The molecule has 0 aliphatic rings. The minimum atomic E-state index is -0.0946. The third kappa shape index (κ3) is 3.76. The fourth-order valence-electron chi connectivity index (χ4n) is 1.95. The van der Waals surface area contributed by atoms with Crippen LogP contribution >= 0.6 is 0 Å². The maximum Gasteiger partial charge on any atom is 0.253 e. The predicted octanol–water partition coefficient (Wildman–Crippen LogP) is 1.20. The van der Waals surface area contributed by atoms with E-state index in [0.29, 0.717) is 25.3 Å². The third-order valence-electron chi connectivity index (χ3n) is 2.95. The highest BCUT2D eigenvalue weighted by molar-refractivity contribution is 6.05. The SMILES string of the molecule is COCCNCCNC(=O)c1cccc2cccnc12. The molecule has 0 fully saturated rings. The highest BCUT2D eigenvalue weighted by Gasteiger charge is 2.09. The topological polar surface area (TPSA) is 63.2 Å². The molecule has 0 aliphatic heterocycles. The number of aromatic nitrogens is 1. The summed E-state index contributed by atoms with van der Waals surface area (Å²) >= 11 is 0. The number of amides is 1. The summed E-state index contributed by atoms with van der Waals surface area (Å²) in [5.41, 5.74) is 1.35. The van der Waals surface area contributed by atoms with Gasteiger partial charge in [-0.15, -0.1) is 0 Å². The van der Waals surface area contributed by atoms with Crippen LogP contribution in [0.25, 0.3) is 10.9 Å². The van der Waals surface area contributed by atoms with Crippen molar-refractivity contribution in [3.05, 3.63) is 42.1 Å². The molecule has 2 aromatic rings. The molecule has 0 saturated heterocycles. The molecule has 5 nitrogen and oxygen atoms in total. The smallest absolute Gasteiger partial charge is 0.253 e. The van der Waals surface area contributed by atoms with Gasteiger partial charge >= 0.3 is 0 Å². The molecule has 0 saturated carbocycles. The summed E-state index contributed by atoms with van der Waals surface area (Å²) in [6.45, 7) is 2.74. The Morgan fingerprint density at radius 1 is 1.20 bits per heavy atom. The minimum absolute atomic E-state index is 0.0946. The van der Waals surface area contributed by atoms with E-state index in [9.17, 15) is 4.79 Å². The van der Waals surface area contributed by atoms with E-state index in [1.54, 1.807) is 19.4 Å². The minimum Gasteiger partial charge on any atom is -0.383 e. The van der Waals surface area contributed by atoms with E-state index in [2.05, 4.69) is 15.6 Å². The number of benzene rings is 1. The number of carbonyl (C=O) groups is 1. The average Bonchev–Trinajstić information content (AvgIpc) is 2.50. The second-order valence-electron chi connectivity index (χ2n) is 4.38. The second kappa shape index (κ2) is 7.57. The number of para-hydroxylation sites is 1. The van der Waals surface area contributed by atoms with Gasteiger partial charge in [0.15, 0.2) is 0 Å². The van der Waals surface area contributed by atoms with Gasteiger partial charge in [0.1, 0.15) is 0 Å². The van der Waals surface area contributed by atoms with E-state index in [1.807, 2.05) is 24.3 Å². The van der Waals surface area contributed by atoms with Crippen molar-refractivity contribution >= 4 is 16.8 Å². The molecule has 1 heterocycles. The Balaban J connectivity index is 1.91. The quantitative estimate of drug-likeness (QED) is 0.744. The van der Waals surface area contributed by atoms with Crippen LogP contribution in [-0.4, -0.2) is 44.2 Å². The molecule has 1 aromatic carbocycles. The lowest BCUT2D eigenvalue weighted by Crippen LogP contribution is -2.33. The largest absolute Gasteiger partial charge is 0.383 e. The van der Waals surface area contributed by atoms with Gasteiger partial charge in [-0.2, -0.15) is 0 Å². The van der Waals surface area contributed by atoms with Gasteiger partial charge in [0, 0.05) is 38.3 Å². The number of hydrogen-bond acceptors (Lipinski definition) is 4. The van der Waals surface area contributed by atoms with Crippen molar-refractivity contribution in [3.8, 4) is 0 Å². The van der Waals surface area contributed by atoms with Crippen LogP contribution in [0, 0.1) is 0 Å². The van der Waals surface area contributed by atoms with Gasteiger partial charge in [0.05, 0.1) is 17.7 Å². The molecule has 106 valence electrons. The number of rotatable bonds is 7. The Labute approximate surface area is 118 Å². The number of hydrogen-bond donors (Lipinski definition) is 2. The van der Waals surface area contributed by atoms with Crippen LogP contribution in [-0.2, 0) is 4.74 Å². The van der Waals surface area contributed by atoms with Crippen molar-refractivity contribution in [2.75, 3.05) is 33.4 Å². The van der Waals surface area contributed by atoms with Crippen LogP contribution in [0.3, 0.4) is 0 Å². The maximum atomic E-state index is 12.1. The normalized spacial score (nSPS) is 10.7. The maximum absolute atomic E-state index is 12.1. The average molecular weight is 273 g/mol. The highest BCUT2D eigenvalue weighted by atomic mass is 16.5. The highest BCUT2D eigenvalue weighted by Crippen LogP contribution is 2.15. The van der Waals surface area contributed by atoms with Crippen molar-refractivity contribution in [2.24, 2.45) is 0 Å². The first-order valence-electron chi connectivity index (χ1n) is 6.64. The summed E-state index contributed by atoms with van der Waals surface area (Å²) in [6, 6.07) is 9.43. The molecular formula is C15H19N3O2. The fourth-order valence-corrected chi connectivity index (χ4v) is 1.95. The number of pyridine rings is 1. The Hall–Kier alpha value is -1.98. The molecule has 1 aromatic heterocycles. The number of fused-ring (bicyclic) bond motifs is 1. The summed E-state index contributed by atoms with van der Waals surface area (Å²) in [4.78, 5) is 16.4. The van der Waals surface area contributed by atoms with Crippen molar-refractivity contribution in [3.63, 3.8) is 0 Å². The molecule has 0 bridgehead atoms. The summed E-state index contributed by atoms with van der Waals surface area (Å²) < 4.78 is 4.93. The van der Waals surface area contributed by atoms with Crippen LogP contribution in [0.15, 0.2) is 36.5 Å². The molecular weight excluding hydrogens is 254 g/mol. The standard InChI is InChI=1S/C15H19N3O2/c1-20-11-10-16-8-9-18-15(19)13-6-2-4-12-5-3-7-17-14(12)13/h2-7,16H,8-11H2,1H3,(H,18,19). The van der Waals surface area contributed by atoms with E-state index >= 15 is 0 Å². The summed E-state index contributed by atoms with van der Waals surface area (Å²) in [7, 11) is 1.66. The van der Waals surface area contributed by atoms with Gasteiger partial charge in [-0.25, -0.2) is 0 Å². The summed E-state index contributed by atoms with van der Waals surface area (Å²) in [5, 5.41) is 7.03. The van der Waals surface area contributed by atoms with Crippen molar-refractivity contribution in [2.45, 2.75) is 0 Å².